The van der Waals surface area contributed by atoms with E-state index < -0.39 is 8.32 Å². The molecule has 4 rings (SSSR count). The zero-order chi connectivity index (χ0) is 26.1. The van der Waals surface area contributed by atoms with Crippen LogP contribution in [-0.2, 0) is 10.8 Å². The molecule has 0 saturated carbocycles. The molecule has 190 valence electrons. The van der Waals surface area contributed by atoms with E-state index in [1.54, 1.807) is 23.6 Å². The van der Waals surface area contributed by atoms with Crippen molar-refractivity contribution in [2.24, 2.45) is 0 Å². The summed E-state index contributed by atoms with van der Waals surface area (Å²) in [6.07, 6.45) is 4.40. The smallest absolute Gasteiger partial charge is 0.191 e. The Balaban J connectivity index is 1.74. The first-order valence-corrected chi connectivity index (χ1v) is 15.9. The van der Waals surface area contributed by atoms with Crippen LogP contribution in [0.5, 0.6) is 0 Å². The number of hydrogen-bond acceptors (Lipinski definition) is 6. The molecule has 0 aliphatic heterocycles. The minimum atomic E-state index is -1.92. The van der Waals surface area contributed by atoms with Gasteiger partial charge in [-0.3, -0.25) is 0 Å². The van der Waals surface area contributed by atoms with Crippen molar-refractivity contribution >= 4 is 31.2 Å². The van der Waals surface area contributed by atoms with Crippen LogP contribution >= 0.6 is 11.3 Å². The largest absolute Gasteiger partial charge is 0.416 e. The van der Waals surface area contributed by atoms with Crippen LogP contribution in [0.2, 0.25) is 18.1 Å². The maximum absolute atomic E-state index is 13.7. The van der Waals surface area contributed by atoms with Gasteiger partial charge in [0.05, 0.1) is 5.69 Å². The van der Waals surface area contributed by atoms with E-state index in [9.17, 15) is 4.39 Å². The highest BCUT2D eigenvalue weighted by Gasteiger charge is 2.37. The summed E-state index contributed by atoms with van der Waals surface area (Å²) in [6.45, 7) is 15.7. The molecular weight excluding hydrogens is 489 g/mol. The highest BCUT2D eigenvalue weighted by Crippen LogP contribution is 2.37. The molecule has 0 unspecified atom stereocenters. The molecule has 3 aromatic heterocycles. The van der Waals surface area contributed by atoms with Gasteiger partial charge >= 0.3 is 0 Å². The van der Waals surface area contributed by atoms with Crippen molar-refractivity contribution in [3.8, 4) is 16.4 Å². The summed E-state index contributed by atoms with van der Waals surface area (Å²) in [6, 6.07) is 8.75. The summed E-state index contributed by atoms with van der Waals surface area (Å²) in [5.74, 6) is 0.468. The fraction of sp³-hybridized carbons (Fsp3) is 0.370. The Hall–Kier alpha value is -2.88. The van der Waals surface area contributed by atoms with E-state index in [1.165, 1.54) is 12.1 Å². The van der Waals surface area contributed by atoms with E-state index in [0.29, 0.717) is 13.0 Å². The SMILES string of the molecule is Cc1cc(-n2ccc(-c3nccs3)n2)c(CCO[Si](C)(C)C(C)(C)C)c(Nc2ccc(F)cc2C)n1. The molecule has 0 atom stereocenters. The molecule has 6 nitrogen and oxygen atoms in total. The van der Waals surface area contributed by atoms with Crippen molar-refractivity contribution in [1.29, 1.82) is 0 Å². The molecule has 0 aliphatic carbocycles. The number of pyridine rings is 1. The van der Waals surface area contributed by atoms with E-state index in [2.05, 4.69) is 44.2 Å². The van der Waals surface area contributed by atoms with Gasteiger partial charge in [-0.1, -0.05) is 20.8 Å². The zero-order valence-electron chi connectivity index (χ0n) is 22.0. The molecule has 36 heavy (non-hydrogen) atoms. The van der Waals surface area contributed by atoms with E-state index in [-0.39, 0.29) is 10.9 Å². The Bertz CT molecular complexity index is 1340. The third-order valence-electron chi connectivity index (χ3n) is 6.78. The summed E-state index contributed by atoms with van der Waals surface area (Å²) in [7, 11) is -1.92. The van der Waals surface area contributed by atoms with Crippen molar-refractivity contribution in [3.05, 3.63) is 70.7 Å². The van der Waals surface area contributed by atoms with E-state index >= 15 is 0 Å². The topological polar surface area (TPSA) is 64.9 Å². The van der Waals surface area contributed by atoms with Crippen LogP contribution < -0.4 is 5.32 Å². The van der Waals surface area contributed by atoms with Gasteiger partial charge in [-0.05, 0) is 67.9 Å². The number of nitrogens with one attached hydrogen (secondary N) is 1. The normalized spacial score (nSPS) is 12.2. The molecule has 3 heterocycles. The Morgan fingerprint density at radius 3 is 2.58 bits per heavy atom. The summed E-state index contributed by atoms with van der Waals surface area (Å²) >= 11 is 1.56. The number of halogens is 1. The molecule has 9 heteroatoms. The van der Waals surface area contributed by atoms with Gasteiger partial charge in [0, 0.05) is 47.7 Å². The second kappa shape index (κ2) is 10.2. The van der Waals surface area contributed by atoms with Crippen molar-refractivity contribution in [3.63, 3.8) is 0 Å². The highest BCUT2D eigenvalue weighted by molar-refractivity contribution is 7.13. The lowest BCUT2D eigenvalue weighted by molar-refractivity contribution is 0.292. The van der Waals surface area contributed by atoms with Crippen LogP contribution in [0.25, 0.3) is 16.4 Å². The molecule has 0 fully saturated rings. The van der Waals surface area contributed by atoms with Crippen LogP contribution in [-0.4, -0.2) is 34.7 Å². The van der Waals surface area contributed by atoms with Crippen LogP contribution in [0.1, 0.15) is 37.6 Å². The average Bonchev–Trinajstić information content (AvgIpc) is 3.48. The standard InChI is InChI=1S/C27H34FN5OSSi/c1-18-16-20(28)8-9-22(18)31-25-21(11-14-34-36(6,7)27(3,4)5)24(17-19(2)30-25)33-13-10-23(32-33)26-29-12-15-35-26/h8-10,12-13,15-17H,11,14H2,1-7H3,(H,30,31). The molecule has 1 aromatic carbocycles. The Kier molecular flexibility index (Phi) is 7.45. The highest BCUT2D eigenvalue weighted by atomic mass is 32.1. The summed E-state index contributed by atoms with van der Waals surface area (Å²) < 4.78 is 22.1. The van der Waals surface area contributed by atoms with Gasteiger partial charge in [0.15, 0.2) is 8.32 Å². The first-order chi connectivity index (χ1) is 16.9. The summed E-state index contributed by atoms with van der Waals surface area (Å²) in [5, 5.41) is 11.2. The average molecular weight is 524 g/mol. The second-order valence-electron chi connectivity index (χ2n) is 10.5. The molecule has 0 bridgehead atoms. The van der Waals surface area contributed by atoms with Gasteiger partial charge in [-0.25, -0.2) is 19.0 Å². The lowest BCUT2D eigenvalue weighted by Crippen LogP contribution is -2.41. The molecule has 4 aromatic rings. The van der Waals surface area contributed by atoms with Gasteiger partial charge < -0.3 is 9.74 Å². The monoisotopic (exact) mass is 523 g/mol. The number of benzene rings is 1. The van der Waals surface area contributed by atoms with Crippen molar-refractivity contribution in [2.45, 2.75) is 59.2 Å². The number of nitrogens with zero attached hydrogens (tertiary/aromatic N) is 4. The van der Waals surface area contributed by atoms with Crippen LogP contribution in [0.15, 0.2) is 48.1 Å². The van der Waals surface area contributed by atoms with E-state index in [1.807, 2.05) is 42.2 Å². The minimum absolute atomic E-state index is 0.123. The predicted molar refractivity (Wildman–Crippen MR) is 148 cm³/mol. The fourth-order valence-corrected chi connectivity index (χ4v) is 5.33. The number of aromatic nitrogens is 4. The van der Waals surface area contributed by atoms with Gasteiger partial charge in [0.1, 0.15) is 22.3 Å². The number of anilines is 2. The third kappa shape index (κ3) is 5.74. The number of thiazole rings is 1. The molecule has 0 aliphatic rings. The van der Waals surface area contributed by atoms with E-state index in [4.69, 9.17) is 14.5 Å². The maximum Gasteiger partial charge on any atom is 0.191 e. The van der Waals surface area contributed by atoms with E-state index in [0.717, 1.165) is 44.7 Å². The van der Waals surface area contributed by atoms with Gasteiger partial charge in [0.2, 0.25) is 0 Å². The van der Waals surface area contributed by atoms with Crippen LogP contribution in [0.3, 0.4) is 0 Å². The van der Waals surface area contributed by atoms with Gasteiger partial charge in [-0.2, -0.15) is 5.10 Å². The van der Waals surface area contributed by atoms with Crippen LogP contribution in [0.4, 0.5) is 15.9 Å². The molecule has 0 amide bonds. The van der Waals surface area contributed by atoms with Crippen molar-refractivity contribution < 1.29 is 8.82 Å². The molecule has 1 N–H and O–H groups in total. The van der Waals surface area contributed by atoms with Gasteiger partial charge in [-0.15, -0.1) is 11.3 Å². The molecular formula is C27H34FN5OSSi. The Morgan fingerprint density at radius 2 is 1.92 bits per heavy atom. The molecule has 0 spiro atoms. The lowest BCUT2D eigenvalue weighted by atomic mass is 10.1. The quantitative estimate of drug-likeness (QED) is 0.243. The zero-order valence-corrected chi connectivity index (χ0v) is 23.8. The second-order valence-corrected chi connectivity index (χ2v) is 16.2. The predicted octanol–water partition coefficient (Wildman–Crippen LogP) is 7.45. The first-order valence-electron chi connectivity index (χ1n) is 12.1. The van der Waals surface area contributed by atoms with Crippen LogP contribution in [0, 0.1) is 19.7 Å². The maximum atomic E-state index is 13.7. The number of aryl methyl sites for hydroxylation is 2. The summed E-state index contributed by atoms with van der Waals surface area (Å²) in [4.78, 5) is 9.23. The van der Waals surface area contributed by atoms with Crippen molar-refractivity contribution in [2.75, 3.05) is 11.9 Å². The lowest BCUT2D eigenvalue weighted by Gasteiger charge is -2.36. The van der Waals surface area contributed by atoms with Crippen molar-refractivity contribution in [1.82, 2.24) is 19.7 Å². The molecule has 0 radical (unpaired) electrons. The Morgan fingerprint density at radius 1 is 1.14 bits per heavy atom. The number of rotatable bonds is 8. The third-order valence-corrected chi connectivity index (χ3v) is 12.1. The Labute approximate surface area is 217 Å². The van der Waals surface area contributed by atoms with Gasteiger partial charge in [0.25, 0.3) is 0 Å². The minimum Gasteiger partial charge on any atom is -0.416 e. The first kappa shape index (κ1) is 26.2. The summed E-state index contributed by atoms with van der Waals surface area (Å²) in [5.41, 5.74) is 5.24. The molecule has 0 saturated heterocycles. The fourth-order valence-electron chi connectivity index (χ4n) is 3.68. The number of hydrogen-bond donors (Lipinski definition) is 1.